The highest BCUT2D eigenvalue weighted by Gasteiger charge is 2.08. The van der Waals surface area contributed by atoms with Gasteiger partial charge in [-0.25, -0.2) is 0 Å². The molecule has 5 heteroatoms. The third-order valence-corrected chi connectivity index (χ3v) is 2.66. The van der Waals surface area contributed by atoms with Gasteiger partial charge in [0.2, 0.25) is 0 Å². The van der Waals surface area contributed by atoms with Crippen molar-refractivity contribution in [2.45, 2.75) is 13.8 Å². The number of aromatic nitrogens is 1. The summed E-state index contributed by atoms with van der Waals surface area (Å²) in [7, 11) is 0. The Morgan fingerprint density at radius 3 is 2.86 bits per heavy atom. The number of anilines is 1. The lowest BCUT2D eigenvalue weighted by Gasteiger charge is -2.10. The lowest BCUT2D eigenvalue weighted by Crippen LogP contribution is -2.12. The molecule has 0 aliphatic carbocycles. The molecule has 0 saturated heterocycles. The van der Waals surface area contributed by atoms with Gasteiger partial charge in [0.25, 0.3) is 5.91 Å². The number of ether oxygens (including phenoxy) is 1. The lowest BCUT2D eigenvalue weighted by molar-refractivity contribution is 0.102. The van der Waals surface area contributed by atoms with Crippen molar-refractivity contribution in [3.8, 4) is 11.5 Å². The molecule has 5 nitrogen and oxygen atoms in total. The second-order valence-corrected chi connectivity index (χ2v) is 5.12. The second kappa shape index (κ2) is 6.74. The molecule has 0 saturated carbocycles. The van der Waals surface area contributed by atoms with Crippen LogP contribution in [0.4, 0.5) is 5.69 Å². The van der Waals surface area contributed by atoms with Gasteiger partial charge in [-0.05, 0) is 24.1 Å². The van der Waals surface area contributed by atoms with E-state index < -0.39 is 0 Å². The van der Waals surface area contributed by atoms with E-state index in [1.807, 2.05) is 12.1 Å². The Labute approximate surface area is 123 Å². The fraction of sp³-hybridized carbons (Fsp3) is 0.250. The quantitative estimate of drug-likeness (QED) is 0.886. The van der Waals surface area contributed by atoms with Crippen LogP contribution in [0, 0.1) is 5.92 Å². The van der Waals surface area contributed by atoms with Crippen LogP contribution in [0.25, 0.3) is 0 Å². The highest BCUT2D eigenvalue weighted by molar-refractivity contribution is 6.04. The number of pyridine rings is 1. The van der Waals surface area contributed by atoms with Gasteiger partial charge in [0.1, 0.15) is 11.5 Å². The molecule has 2 rings (SSSR count). The molecule has 21 heavy (non-hydrogen) atoms. The highest BCUT2D eigenvalue weighted by atomic mass is 16.5. The number of amides is 1. The Balaban J connectivity index is 2.05. The summed E-state index contributed by atoms with van der Waals surface area (Å²) in [6, 6.07) is 8.55. The van der Waals surface area contributed by atoms with Crippen LogP contribution in [0.2, 0.25) is 0 Å². The summed E-state index contributed by atoms with van der Waals surface area (Å²) >= 11 is 0. The third kappa shape index (κ3) is 4.49. The number of nitrogens with one attached hydrogen (secondary N) is 1. The Hall–Kier alpha value is -2.56. The molecule has 0 atom stereocenters. The van der Waals surface area contributed by atoms with Crippen molar-refractivity contribution >= 4 is 11.6 Å². The van der Waals surface area contributed by atoms with Crippen LogP contribution in [0.3, 0.4) is 0 Å². The molecule has 2 aromatic rings. The average Bonchev–Trinajstić information content (AvgIpc) is 2.45. The molecule has 0 spiro atoms. The first-order valence-electron chi connectivity index (χ1n) is 6.73. The lowest BCUT2D eigenvalue weighted by atomic mass is 10.2. The number of carbonyl (C=O) groups is 1. The van der Waals surface area contributed by atoms with Gasteiger partial charge in [0.15, 0.2) is 0 Å². The summed E-state index contributed by atoms with van der Waals surface area (Å²) < 4.78 is 5.61. The van der Waals surface area contributed by atoms with Crippen LogP contribution in [-0.2, 0) is 0 Å². The third-order valence-electron chi connectivity index (χ3n) is 2.66. The maximum atomic E-state index is 12.0. The predicted octanol–water partition coefficient (Wildman–Crippen LogP) is 3.07. The molecule has 0 fully saturated rings. The molecule has 0 unspecified atom stereocenters. The van der Waals surface area contributed by atoms with Gasteiger partial charge in [-0.1, -0.05) is 19.9 Å². The first-order valence-corrected chi connectivity index (χ1v) is 6.73. The van der Waals surface area contributed by atoms with Crippen molar-refractivity contribution in [2.24, 2.45) is 5.92 Å². The van der Waals surface area contributed by atoms with Crippen LogP contribution in [-0.4, -0.2) is 22.6 Å². The summed E-state index contributed by atoms with van der Waals surface area (Å²) in [4.78, 5) is 15.8. The second-order valence-electron chi connectivity index (χ2n) is 5.12. The maximum absolute atomic E-state index is 12.0. The van der Waals surface area contributed by atoms with E-state index in [2.05, 4.69) is 24.1 Å². The number of hydrogen-bond acceptors (Lipinski definition) is 4. The summed E-state index contributed by atoms with van der Waals surface area (Å²) in [6.07, 6.45) is 2.67. The summed E-state index contributed by atoms with van der Waals surface area (Å²) in [5.41, 5.74) is 0.924. The molecule has 2 N–H and O–H groups in total. The standard InChI is InChI=1S/C16H18N2O3/c1-11(2)10-21-15-5-3-4-13(7-15)18-16(20)12-6-14(19)9-17-8-12/h3-9,11,19H,10H2,1-2H3,(H,18,20). The van der Waals surface area contributed by atoms with Crippen LogP contribution < -0.4 is 10.1 Å². The van der Waals surface area contributed by atoms with E-state index in [9.17, 15) is 9.90 Å². The number of hydrogen-bond donors (Lipinski definition) is 2. The van der Waals surface area contributed by atoms with Crippen molar-refractivity contribution in [2.75, 3.05) is 11.9 Å². The van der Waals surface area contributed by atoms with Crippen molar-refractivity contribution in [3.63, 3.8) is 0 Å². The van der Waals surface area contributed by atoms with E-state index in [4.69, 9.17) is 4.74 Å². The number of benzene rings is 1. The Morgan fingerprint density at radius 2 is 2.14 bits per heavy atom. The molecule has 1 heterocycles. The van der Waals surface area contributed by atoms with Crippen molar-refractivity contribution in [1.29, 1.82) is 0 Å². The van der Waals surface area contributed by atoms with Crippen molar-refractivity contribution in [3.05, 3.63) is 48.3 Å². The van der Waals surface area contributed by atoms with E-state index in [1.165, 1.54) is 18.5 Å². The van der Waals surface area contributed by atoms with Crippen LogP contribution in [0.5, 0.6) is 11.5 Å². The SMILES string of the molecule is CC(C)COc1cccc(NC(=O)c2cncc(O)c2)c1. The first-order chi connectivity index (χ1) is 10.0. The molecular weight excluding hydrogens is 268 g/mol. The molecule has 0 bridgehead atoms. The largest absolute Gasteiger partial charge is 0.506 e. The summed E-state index contributed by atoms with van der Waals surface area (Å²) in [5, 5.41) is 12.1. The van der Waals surface area contributed by atoms with E-state index in [1.54, 1.807) is 12.1 Å². The fourth-order valence-corrected chi connectivity index (χ4v) is 1.68. The van der Waals surface area contributed by atoms with E-state index >= 15 is 0 Å². The predicted molar refractivity (Wildman–Crippen MR) is 80.6 cm³/mol. The van der Waals surface area contributed by atoms with Gasteiger partial charge in [-0.2, -0.15) is 0 Å². The van der Waals surface area contributed by atoms with E-state index in [0.717, 1.165) is 0 Å². The minimum absolute atomic E-state index is 0.0448. The normalized spacial score (nSPS) is 10.4. The van der Waals surface area contributed by atoms with Gasteiger partial charge < -0.3 is 15.2 Å². The van der Waals surface area contributed by atoms with Crippen LogP contribution >= 0.6 is 0 Å². The molecule has 1 aromatic carbocycles. The van der Waals surface area contributed by atoms with Gasteiger partial charge in [-0.3, -0.25) is 9.78 Å². The molecule has 1 aromatic heterocycles. The Kier molecular flexibility index (Phi) is 4.77. The first kappa shape index (κ1) is 14.8. The zero-order chi connectivity index (χ0) is 15.2. The Bertz CT molecular complexity index is 626. The van der Waals surface area contributed by atoms with E-state index in [-0.39, 0.29) is 11.7 Å². The molecule has 0 aliphatic rings. The topological polar surface area (TPSA) is 71.5 Å². The van der Waals surface area contributed by atoms with Gasteiger partial charge in [0.05, 0.1) is 18.4 Å². The number of nitrogens with zero attached hydrogens (tertiary/aromatic N) is 1. The molecule has 0 radical (unpaired) electrons. The van der Waals surface area contributed by atoms with Crippen LogP contribution in [0.1, 0.15) is 24.2 Å². The minimum Gasteiger partial charge on any atom is -0.506 e. The number of aromatic hydroxyl groups is 1. The van der Waals surface area contributed by atoms with Gasteiger partial charge in [-0.15, -0.1) is 0 Å². The smallest absolute Gasteiger partial charge is 0.257 e. The number of carbonyl (C=O) groups excluding carboxylic acids is 1. The molecular formula is C16H18N2O3. The molecule has 110 valence electrons. The maximum Gasteiger partial charge on any atom is 0.257 e. The van der Waals surface area contributed by atoms with Crippen LogP contribution in [0.15, 0.2) is 42.7 Å². The summed E-state index contributed by atoms with van der Waals surface area (Å²) in [5.74, 6) is 0.758. The van der Waals surface area contributed by atoms with Crippen molar-refractivity contribution < 1.29 is 14.6 Å². The van der Waals surface area contributed by atoms with Gasteiger partial charge in [0, 0.05) is 18.0 Å². The zero-order valence-corrected chi connectivity index (χ0v) is 12.0. The Morgan fingerprint density at radius 1 is 1.33 bits per heavy atom. The highest BCUT2D eigenvalue weighted by Crippen LogP contribution is 2.19. The monoisotopic (exact) mass is 286 g/mol. The van der Waals surface area contributed by atoms with E-state index in [0.29, 0.717) is 29.5 Å². The molecule has 0 aliphatic heterocycles. The zero-order valence-electron chi connectivity index (χ0n) is 12.0. The number of rotatable bonds is 5. The molecule has 1 amide bonds. The average molecular weight is 286 g/mol. The van der Waals surface area contributed by atoms with Gasteiger partial charge >= 0.3 is 0 Å². The minimum atomic E-state index is -0.334. The summed E-state index contributed by atoms with van der Waals surface area (Å²) in [6.45, 7) is 4.76. The van der Waals surface area contributed by atoms with Crippen molar-refractivity contribution in [1.82, 2.24) is 4.98 Å². The fourth-order valence-electron chi connectivity index (χ4n) is 1.68.